The molecule has 20 heavy (non-hydrogen) atoms. The zero-order chi connectivity index (χ0) is 14.7. The average molecular weight is 314 g/mol. The summed E-state index contributed by atoms with van der Waals surface area (Å²) >= 11 is 2.75. The third kappa shape index (κ3) is 3.36. The lowest BCUT2D eigenvalue weighted by molar-refractivity contribution is -0.121. The molecule has 2 amide bonds. The van der Waals surface area contributed by atoms with Crippen molar-refractivity contribution in [2.75, 3.05) is 17.2 Å². The Morgan fingerprint density at radius 2 is 2.20 bits per heavy atom. The molecule has 1 saturated heterocycles. The van der Waals surface area contributed by atoms with E-state index in [9.17, 15) is 9.59 Å². The molecule has 1 aliphatic heterocycles. The van der Waals surface area contributed by atoms with Crippen molar-refractivity contribution in [3.05, 3.63) is 5.01 Å². The van der Waals surface area contributed by atoms with Crippen molar-refractivity contribution in [2.45, 2.75) is 31.9 Å². The van der Waals surface area contributed by atoms with Crippen molar-refractivity contribution in [2.24, 2.45) is 11.7 Å². The highest BCUT2D eigenvalue weighted by atomic mass is 32.2. The van der Waals surface area contributed by atoms with Gasteiger partial charge in [0.25, 0.3) is 0 Å². The monoisotopic (exact) mass is 314 g/mol. The van der Waals surface area contributed by atoms with Crippen LogP contribution in [0.5, 0.6) is 0 Å². The number of nitrogens with zero attached hydrogens (tertiary/aromatic N) is 3. The van der Waals surface area contributed by atoms with Crippen LogP contribution in [-0.2, 0) is 16.0 Å². The smallest absolute Gasteiger partial charge is 0.249 e. The Balaban J connectivity index is 2.10. The molecule has 1 aromatic rings. The van der Waals surface area contributed by atoms with Gasteiger partial charge in [0.15, 0.2) is 0 Å². The summed E-state index contributed by atoms with van der Waals surface area (Å²) in [5, 5.41) is 8.96. The number of carbonyl (C=O) groups is 2. The maximum Gasteiger partial charge on any atom is 0.249 e. The molecule has 6 nitrogen and oxygen atoms in total. The zero-order valence-electron chi connectivity index (χ0n) is 11.5. The van der Waals surface area contributed by atoms with Crippen LogP contribution in [0.4, 0.5) is 5.13 Å². The first-order valence-corrected chi connectivity index (χ1v) is 8.40. The van der Waals surface area contributed by atoms with Crippen molar-refractivity contribution < 1.29 is 9.59 Å². The molecule has 0 spiro atoms. The predicted octanol–water partition coefficient (Wildman–Crippen LogP) is 1.06. The van der Waals surface area contributed by atoms with Gasteiger partial charge in [0.05, 0.1) is 5.25 Å². The normalized spacial score (nSPS) is 19.4. The van der Waals surface area contributed by atoms with Gasteiger partial charge in [0.1, 0.15) is 5.01 Å². The number of imide groups is 1. The fraction of sp³-hybridized carbons (Fsp3) is 0.667. The van der Waals surface area contributed by atoms with Crippen LogP contribution in [0.2, 0.25) is 0 Å². The van der Waals surface area contributed by atoms with Gasteiger partial charge in [-0.05, 0) is 5.92 Å². The largest absolute Gasteiger partial charge is 0.330 e. The molecule has 2 N–H and O–H groups in total. The van der Waals surface area contributed by atoms with Crippen molar-refractivity contribution in [1.82, 2.24) is 10.2 Å². The van der Waals surface area contributed by atoms with E-state index in [4.69, 9.17) is 5.73 Å². The van der Waals surface area contributed by atoms with Crippen molar-refractivity contribution in [1.29, 1.82) is 0 Å². The van der Waals surface area contributed by atoms with Gasteiger partial charge in [-0.1, -0.05) is 25.2 Å². The highest BCUT2D eigenvalue weighted by molar-refractivity contribution is 8.00. The first-order valence-electron chi connectivity index (χ1n) is 6.53. The molecule has 1 unspecified atom stereocenters. The Bertz CT molecular complexity index is 503. The van der Waals surface area contributed by atoms with Crippen LogP contribution in [0.25, 0.3) is 0 Å². The van der Waals surface area contributed by atoms with Crippen LogP contribution < -0.4 is 10.6 Å². The van der Waals surface area contributed by atoms with Crippen molar-refractivity contribution >= 4 is 40.0 Å². The van der Waals surface area contributed by atoms with E-state index >= 15 is 0 Å². The number of thioether (sulfide) groups is 1. The fourth-order valence-corrected chi connectivity index (χ4v) is 3.92. The molecule has 1 aliphatic rings. The standard InChI is InChI=1S/C12H18N4O2S2/c1-7(2)5-9-14-15-12(20-9)16-10(17)6-8(11(16)18)19-4-3-13/h7-8H,3-6,13H2,1-2H3. The van der Waals surface area contributed by atoms with Gasteiger partial charge >= 0.3 is 0 Å². The predicted molar refractivity (Wildman–Crippen MR) is 80.9 cm³/mol. The number of amides is 2. The minimum atomic E-state index is -0.330. The molecule has 2 heterocycles. The number of carbonyl (C=O) groups excluding carboxylic acids is 2. The lowest BCUT2D eigenvalue weighted by Crippen LogP contribution is -2.31. The molecule has 110 valence electrons. The Labute approximate surface area is 126 Å². The van der Waals surface area contributed by atoms with Crippen LogP contribution in [0.15, 0.2) is 0 Å². The van der Waals surface area contributed by atoms with E-state index in [1.165, 1.54) is 28.0 Å². The second-order valence-corrected chi connectivity index (χ2v) is 7.35. The van der Waals surface area contributed by atoms with Gasteiger partial charge in [0, 0.05) is 25.1 Å². The molecule has 0 aliphatic carbocycles. The van der Waals surface area contributed by atoms with Gasteiger partial charge < -0.3 is 5.73 Å². The van der Waals surface area contributed by atoms with Gasteiger partial charge in [-0.25, -0.2) is 4.90 Å². The number of rotatable bonds is 6. The lowest BCUT2D eigenvalue weighted by atomic mass is 10.1. The van der Waals surface area contributed by atoms with E-state index < -0.39 is 0 Å². The van der Waals surface area contributed by atoms with Crippen molar-refractivity contribution in [3.63, 3.8) is 0 Å². The molecule has 0 radical (unpaired) electrons. The minimum absolute atomic E-state index is 0.194. The number of anilines is 1. The summed E-state index contributed by atoms with van der Waals surface area (Å²) < 4.78 is 0. The summed E-state index contributed by atoms with van der Waals surface area (Å²) in [6.45, 7) is 4.68. The molecular formula is C12H18N4O2S2. The molecule has 8 heteroatoms. The second-order valence-electron chi connectivity index (χ2n) is 5.00. The molecule has 1 aromatic heterocycles. The summed E-state index contributed by atoms with van der Waals surface area (Å²) in [4.78, 5) is 25.4. The van der Waals surface area contributed by atoms with Gasteiger partial charge in [-0.15, -0.1) is 22.0 Å². The SMILES string of the molecule is CC(C)Cc1nnc(N2C(=O)CC(SCCN)C2=O)s1. The first kappa shape index (κ1) is 15.4. The Kier molecular flexibility index (Phi) is 5.11. The Morgan fingerprint density at radius 1 is 1.45 bits per heavy atom. The number of aromatic nitrogens is 2. The molecule has 0 aromatic carbocycles. The number of nitrogens with two attached hydrogens (primary N) is 1. The Morgan fingerprint density at radius 3 is 2.85 bits per heavy atom. The maximum atomic E-state index is 12.2. The quantitative estimate of drug-likeness (QED) is 0.790. The van der Waals surface area contributed by atoms with E-state index in [0.29, 0.717) is 23.3 Å². The molecular weight excluding hydrogens is 296 g/mol. The first-order chi connectivity index (χ1) is 9.52. The highest BCUT2D eigenvalue weighted by Gasteiger charge is 2.41. The molecule has 1 fully saturated rings. The third-order valence-electron chi connectivity index (χ3n) is 2.77. The average Bonchev–Trinajstić information content (AvgIpc) is 2.91. The fourth-order valence-electron chi connectivity index (χ4n) is 1.91. The van der Waals surface area contributed by atoms with Crippen LogP contribution in [0.1, 0.15) is 25.3 Å². The summed E-state index contributed by atoms with van der Waals surface area (Å²) in [5.41, 5.74) is 5.43. The van der Waals surface area contributed by atoms with Gasteiger partial charge in [-0.2, -0.15) is 0 Å². The Hall–Kier alpha value is -0.990. The summed E-state index contributed by atoms with van der Waals surface area (Å²) in [6.07, 6.45) is 1.03. The second kappa shape index (κ2) is 6.64. The lowest BCUT2D eigenvalue weighted by Gasteiger charge is -2.10. The van der Waals surface area contributed by atoms with Crippen LogP contribution in [0.3, 0.4) is 0 Å². The highest BCUT2D eigenvalue weighted by Crippen LogP contribution is 2.31. The summed E-state index contributed by atoms with van der Waals surface area (Å²) in [5.74, 6) is 0.748. The van der Waals surface area contributed by atoms with Gasteiger partial charge in [-0.3, -0.25) is 9.59 Å². The molecule has 2 rings (SSSR count). The summed E-state index contributed by atoms with van der Waals surface area (Å²) in [6, 6.07) is 0. The van der Waals surface area contributed by atoms with Crippen LogP contribution in [-0.4, -0.2) is 39.6 Å². The van der Waals surface area contributed by atoms with Crippen LogP contribution in [0, 0.1) is 5.92 Å². The zero-order valence-corrected chi connectivity index (χ0v) is 13.2. The summed E-state index contributed by atoms with van der Waals surface area (Å²) in [7, 11) is 0. The van der Waals surface area contributed by atoms with Crippen LogP contribution >= 0.6 is 23.1 Å². The minimum Gasteiger partial charge on any atom is -0.330 e. The van der Waals surface area contributed by atoms with Crippen molar-refractivity contribution in [3.8, 4) is 0 Å². The van der Waals surface area contributed by atoms with E-state index in [1.807, 2.05) is 0 Å². The van der Waals surface area contributed by atoms with E-state index in [2.05, 4.69) is 24.0 Å². The maximum absolute atomic E-state index is 12.2. The third-order valence-corrected chi connectivity index (χ3v) is 4.95. The van der Waals surface area contributed by atoms with Gasteiger partial charge in [0.2, 0.25) is 16.9 Å². The molecule has 1 atom stereocenters. The van der Waals surface area contributed by atoms with E-state index in [0.717, 1.165) is 11.4 Å². The molecule has 0 bridgehead atoms. The topological polar surface area (TPSA) is 89.2 Å². The molecule has 0 saturated carbocycles. The number of hydrogen-bond acceptors (Lipinski definition) is 7. The van der Waals surface area contributed by atoms with E-state index in [-0.39, 0.29) is 23.5 Å². The number of hydrogen-bond donors (Lipinski definition) is 1. The van der Waals surface area contributed by atoms with E-state index in [1.54, 1.807) is 0 Å².